The molecule has 0 aliphatic carbocycles. The molecule has 0 aromatic heterocycles. The second-order valence-corrected chi connectivity index (χ2v) is 16.2. The van der Waals surface area contributed by atoms with E-state index in [0.717, 1.165) is 49.2 Å². The van der Waals surface area contributed by atoms with Crippen LogP contribution in [0.1, 0.15) is 19.3 Å². The number of hydrogen-bond donors (Lipinski definition) is 0. The standard InChI is InChI=1S/C24H41NSi2/c1-8-15-16-17-18-25(26(19-9-2,20-10-3)21-11-4)27(22-12-5,23-13-6)24-14-7/h8-14H,1-7,15-24H2. The summed E-state index contributed by atoms with van der Waals surface area (Å²) in [6.07, 6.45) is 18.2. The highest BCUT2D eigenvalue weighted by Crippen LogP contribution is 2.38. The zero-order chi connectivity index (χ0) is 20.6. The van der Waals surface area contributed by atoms with Crippen molar-refractivity contribution in [2.45, 2.75) is 55.5 Å². The lowest BCUT2D eigenvalue weighted by Gasteiger charge is -2.52. The normalized spacial score (nSPS) is 11.6. The van der Waals surface area contributed by atoms with Gasteiger partial charge >= 0.3 is 0 Å². The van der Waals surface area contributed by atoms with Gasteiger partial charge in [0.15, 0.2) is 0 Å². The van der Waals surface area contributed by atoms with Crippen molar-refractivity contribution in [1.82, 2.24) is 4.23 Å². The van der Waals surface area contributed by atoms with Gasteiger partial charge in [0.25, 0.3) is 0 Å². The molecule has 1 nitrogen and oxygen atoms in total. The van der Waals surface area contributed by atoms with Crippen LogP contribution in [0.2, 0.25) is 36.3 Å². The fourth-order valence-electron chi connectivity index (χ4n) is 4.31. The largest absolute Gasteiger partial charge is 0.344 e. The van der Waals surface area contributed by atoms with Gasteiger partial charge in [-0.2, -0.15) is 0 Å². The number of allylic oxidation sites excluding steroid dienone is 7. The minimum atomic E-state index is -1.86. The van der Waals surface area contributed by atoms with Gasteiger partial charge in [0.2, 0.25) is 0 Å². The minimum absolute atomic E-state index is 1.06. The van der Waals surface area contributed by atoms with E-state index in [9.17, 15) is 0 Å². The van der Waals surface area contributed by atoms with Crippen LogP contribution in [0.25, 0.3) is 0 Å². The van der Waals surface area contributed by atoms with E-state index in [1.54, 1.807) is 0 Å². The van der Waals surface area contributed by atoms with Gasteiger partial charge in [0, 0.05) is 0 Å². The molecule has 3 heteroatoms. The van der Waals surface area contributed by atoms with Crippen LogP contribution >= 0.6 is 0 Å². The summed E-state index contributed by atoms with van der Waals surface area (Å²) in [5.41, 5.74) is 0. The number of rotatable bonds is 19. The van der Waals surface area contributed by atoms with E-state index in [4.69, 9.17) is 0 Å². The summed E-state index contributed by atoms with van der Waals surface area (Å²) in [6, 6.07) is 6.37. The molecule has 0 N–H and O–H groups in total. The van der Waals surface area contributed by atoms with Crippen LogP contribution in [0.4, 0.5) is 0 Å². The molecule has 0 atom stereocenters. The molecule has 0 spiro atoms. The lowest BCUT2D eigenvalue weighted by Crippen LogP contribution is -2.66. The Kier molecular flexibility index (Phi) is 13.8. The van der Waals surface area contributed by atoms with Crippen molar-refractivity contribution in [3.05, 3.63) is 88.6 Å². The third kappa shape index (κ3) is 7.61. The predicted molar refractivity (Wildman–Crippen MR) is 132 cm³/mol. The van der Waals surface area contributed by atoms with Crippen molar-refractivity contribution in [1.29, 1.82) is 0 Å². The summed E-state index contributed by atoms with van der Waals surface area (Å²) in [5.74, 6) is 0. The van der Waals surface area contributed by atoms with Crippen molar-refractivity contribution < 1.29 is 0 Å². The average molecular weight is 400 g/mol. The SMILES string of the molecule is C=CCCCCN([Si](CC=C)(CC=C)CC=C)[Si](CC=C)(CC=C)CC=C. The third-order valence-corrected chi connectivity index (χ3v) is 17.2. The first-order valence-corrected chi connectivity index (χ1v) is 15.2. The zero-order valence-electron chi connectivity index (χ0n) is 17.5. The highest BCUT2D eigenvalue weighted by molar-refractivity contribution is 6.94. The van der Waals surface area contributed by atoms with Crippen molar-refractivity contribution >= 4 is 16.5 Å². The quantitative estimate of drug-likeness (QED) is 0.122. The molecular weight excluding hydrogens is 358 g/mol. The Morgan fingerprint density at radius 1 is 0.481 bits per heavy atom. The molecule has 0 radical (unpaired) electrons. The first-order chi connectivity index (χ1) is 13.1. The molecule has 27 heavy (non-hydrogen) atoms. The molecular formula is C24H41NSi2. The van der Waals surface area contributed by atoms with Crippen molar-refractivity contribution in [3.8, 4) is 0 Å². The molecule has 0 fully saturated rings. The topological polar surface area (TPSA) is 3.24 Å². The fourth-order valence-corrected chi connectivity index (χ4v) is 16.8. The van der Waals surface area contributed by atoms with Gasteiger partial charge in [-0.25, -0.2) is 0 Å². The summed E-state index contributed by atoms with van der Waals surface area (Å²) in [7, 11) is -3.72. The van der Waals surface area contributed by atoms with Crippen molar-refractivity contribution in [2.75, 3.05) is 6.54 Å². The highest BCUT2D eigenvalue weighted by atomic mass is 28.4. The lowest BCUT2D eigenvalue weighted by atomic mass is 10.2. The van der Waals surface area contributed by atoms with Crippen LogP contribution in [-0.2, 0) is 0 Å². The van der Waals surface area contributed by atoms with Gasteiger partial charge in [0.1, 0.15) is 16.5 Å². The smallest absolute Gasteiger partial charge is 0.133 e. The van der Waals surface area contributed by atoms with Gasteiger partial charge < -0.3 is 4.23 Å². The Labute approximate surface area is 171 Å². The van der Waals surface area contributed by atoms with Crippen LogP contribution in [-0.4, -0.2) is 27.2 Å². The van der Waals surface area contributed by atoms with Gasteiger partial charge in [-0.1, -0.05) is 42.5 Å². The van der Waals surface area contributed by atoms with E-state index in [0.29, 0.717) is 0 Å². The Balaban J connectivity index is 6.31. The van der Waals surface area contributed by atoms with Gasteiger partial charge in [0.05, 0.1) is 0 Å². The summed E-state index contributed by atoms with van der Waals surface area (Å²) < 4.78 is 2.96. The maximum atomic E-state index is 4.10. The van der Waals surface area contributed by atoms with E-state index in [1.807, 2.05) is 6.08 Å². The van der Waals surface area contributed by atoms with Crippen LogP contribution in [0.15, 0.2) is 88.6 Å². The molecule has 150 valence electrons. The van der Waals surface area contributed by atoms with E-state index < -0.39 is 16.5 Å². The molecule has 0 amide bonds. The van der Waals surface area contributed by atoms with Gasteiger partial charge in [-0.15, -0.1) is 46.1 Å². The minimum Gasteiger partial charge on any atom is -0.344 e. The summed E-state index contributed by atoms with van der Waals surface area (Å²) in [4.78, 5) is 0. The Hall–Kier alpha value is -1.43. The highest BCUT2D eigenvalue weighted by Gasteiger charge is 2.47. The molecule has 0 unspecified atom stereocenters. The second-order valence-electron chi connectivity index (χ2n) is 7.34. The molecule has 0 bridgehead atoms. The van der Waals surface area contributed by atoms with Gasteiger partial charge in [-0.05, 0) is 62.1 Å². The molecule has 0 heterocycles. The maximum Gasteiger partial charge on any atom is 0.133 e. The second kappa shape index (κ2) is 14.6. The van der Waals surface area contributed by atoms with Crippen molar-refractivity contribution in [3.63, 3.8) is 0 Å². The van der Waals surface area contributed by atoms with Crippen LogP contribution < -0.4 is 0 Å². The maximum absolute atomic E-state index is 4.10. The molecule has 0 rings (SSSR count). The summed E-state index contributed by atoms with van der Waals surface area (Å²) in [5, 5.41) is 0. The van der Waals surface area contributed by atoms with E-state index >= 15 is 0 Å². The zero-order valence-corrected chi connectivity index (χ0v) is 19.5. The Morgan fingerprint density at radius 3 is 1.07 bits per heavy atom. The molecule has 0 aliphatic heterocycles. The molecule has 0 aromatic carbocycles. The fraction of sp³-hybridized carbons (Fsp3) is 0.417. The predicted octanol–water partition coefficient (Wildman–Crippen LogP) is 7.65. The van der Waals surface area contributed by atoms with Crippen LogP contribution in [0, 0.1) is 0 Å². The van der Waals surface area contributed by atoms with Crippen molar-refractivity contribution in [2.24, 2.45) is 0 Å². The molecule has 0 saturated heterocycles. The Morgan fingerprint density at radius 2 is 0.815 bits per heavy atom. The Bertz CT molecular complexity index is 415. The lowest BCUT2D eigenvalue weighted by molar-refractivity contribution is 0.548. The molecule has 0 aromatic rings. The van der Waals surface area contributed by atoms with E-state index in [2.05, 4.69) is 86.7 Å². The average Bonchev–Trinajstić information content (AvgIpc) is 2.63. The number of hydrogen-bond acceptors (Lipinski definition) is 1. The monoisotopic (exact) mass is 399 g/mol. The van der Waals surface area contributed by atoms with Gasteiger partial charge in [-0.3, -0.25) is 0 Å². The van der Waals surface area contributed by atoms with Crippen LogP contribution in [0.5, 0.6) is 0 Å². The first-order valence-electron chi connectivity index (χ1n) is 10.1. The number of unbranched alkanes of at least 4 members (excludes halogenated alkanes) is 2. The summed E-state index contributed by atoms with van der Waals surface area (Å²) >= 11 is 0. The van der Waals surface area contributed by atoms with Crippen LogP contribution in [0.3, 0.4) is 0 Å². The number of nitrogens with zero attached hydrogens (tertiary/aromatic N) is 1. The third-order valence-electron chi connectivity index (χ3n) is 5.33. The molecule has 0 saturated carbocycles. The van der Waals surface area contributed by atoms with E-state index in [-0.39, 0.29) is 0 Å². The molecule has 0 aliphatic rings. The first kappa shape index (κ1) is 25.6. The summed E-state index contributed by atoms with van der Waals surface area (Å²) in [6.45, 7) is 29.6. The van der Waals surface area contributed by atoms with E-state index in [1.165, 1.54) is 12.8 Å².